The van der Waals surface area contributed by atoms with E-state index in [1.807, 2.05) is 18.5 Å². The molecule has 0 saturated carbocycles. The molecule has 1 aliphatic rings. The summed E-state index contributed by atoms with van der Waals surface area (Å²) in [5.41, 5.74) is 1.24. The second-order valence-electron chi connectivity index (χ2n) is 5.71. The molecule has 1 aromatic heterocycles. The number of halogens is 2. The molecular formula is C16H27Cl2N3OS. The number of aromatic nitrogens is 1. The van der Waals surface area contributed by atoms with Crippen LogP contribution in [0.25, 0.3) is 0 Å². The number of hydrogen-bond donors (Lipinski definition) is 1. The van der Waals surface area contributed by atoms with Gasteiger partial charge in [0.25, 0.3) is 0 Å². The molecule has 1 aliphatic heterocycles. The van der Waals surface area contributed by atoms with E-state index in [1.165, 1.54) is 18.4 Å². The fourth-order valence-electron chi connectivity index (χ4n) is 3.05. The lowest BCUT2D eigenvalue weighted by molar-refractivity contribution is -0.119. The monoisotopic (exact) mass is 379 g/mol. The van der Waals surface area contributed by atoms with E-state index in [4.69, 9.17) is 0 Å². The van der Waals surface area contributed by atoms with E-state index in [0.717, 1.165) is 19.6 Å². The molecule has 2 heterocycles. The maximum absolute atomic E-state index is 11.9. The van der Waals surface area contributed by atoms with Gasteiger partial charge >= 0.3 is 0 Å². The third-order valence-corrected chi connectivity index (χ3v) is 4.48. The van der Waals surface area contributed by atoms with Crippen molar-refractivity contribution in [2.45, 2.75) is 32.4 Å². The summed E-state index contributed by atoms with van der Waals surface area (Å²) in [6, 6.07) is 4.38. The summed E-state index contributed by atoms with van der Waals surface area (Å²) >= 11 is 1.58. The molecule has 4 nitrogen and oxygen atoms in total. The van der Waals surface area contributed by atoms with E-state index < -0.39 is 0 Å². The quantitative estimate of drug-likeness (QED) is 0.790. The van der Waals surface area contributed by atoms with E-state index >= 15 is 0 Å². The van der Waals surface area contributed by atoms with Gasteiger partial charge in [-0.25, -0.2) is 0 Å². The van der Waals surface area contributed by atoms with Crippen LogP contribution in [0.2, 0.25) is 0 Å². The van der Waals surface area contributed by atoms with Crippen LogP contribution in [-0.4, -0.2) is 46.9 Å². The molecule has 0 unspecified atom stereocenters. The number of hydrogen-bond acceptors (Lipinski definition) is 4. The normalized spacial score (nSPS) is 20.4. The van der Waals surface area contributed by atoms with Crippen LogP contribution < -0.4 is 5.32 Å². The maximum atomic E-state index is 11.9. The van der Waals surface area contributed by atoms with Crippen molar-refractivity contribution < 1.29 is 4.79 Å². The number of nitrogens with zero attached hydrogens (tertiary/aromatic N) is 2. The van der Waals surface area contributed by atoms with Crippen molar-refractivity contribution in [3.05, 3.63) is 30.1 Å². The van der Waals surface area contributed by atoms with Gasteiger partial charge < -0.3 is 5.32 Å². The van der Waals surface area contributed by atoms with E-state index in [-0.39, 0.29) is 30.7 Å². The molecule has 0 aromatic carbocycles. The summed E-state index contributed by atoms with van der Waals surface area (Å²) in [5, 5.41) is 3.21. The first-order valence-electron chi connectivity index (χ1n) is 7.62. The lowest BCUT2D eigenvalue weighted by atomic mass is 9.98. The van der Waals surface area contributed by atoms with Crippen molar-refractivity contribution in [1.29, 1.82) is 0 Å². The molecule has 0 radical (unpaired) electrons. The highest BCUT2D eigenvalue weighted by Crippen LogP contribution is 2.23. The summed E-state index contributed by atoms with van der Waals surface area (Å²) in [6.45, 7) is 5.14. The Hall–Kier alpha value is -0.490. The van der Waals surface area contributed by atoms with E-state index in [2.05, 4.69) is 28.2 Å². The van der Waals surface area contributed by atoms with Crippen molar-refractivity contribution in [2.75, 3.05) is 25.1 Å². The zero-order valence-electron chi connectivity index (χ0n) is 13.7. The number of rotatable bonds is 7. The van der Waals surface area contributed by atoms with Crippen LogP contribution in [0.4, 0.5) is 0 Å². The summed E-state index contributed by atoms with van der Waals surface area (Å²) in [6.07, 6.45) is 8.04. The van der Waals surface area contributed by atoms with Gasteiger partial charge in [-0.3, -0.25) is 14.7 Å². The molecule has 0 bridgehead atoms. The average Bonchev–Trinajstić information content (AvgIpc) is 2.82. The zero-order chi connectivity index (χ0) is 15.1. The smallest absolute Gasteiger partial charge is 0.230 e. The molecule has 1 aromatic rings. The van der Waals surface area contributed by atoms with Crippen molar-refractivity contribution >= 4 is 42.5 Å². The van der Waals surface area contributed by atoms with E-state index in [0.29, 0.717) is 17.7 Å². The fraction of sp³-hybridized carbons (Fsp3) is 0.625. The number of thioether (sulfide) groups is 1. The average molecular weight is 380 g/mol. The molecule has 7 heteroatoms. The Balaban J connectivity index is 0.00000242. The number of amides is 1. The number of pyridine rings is 1. The Morgan fingerprint density at radius 2 is 2.22 bits per heavy atom. The van der Waals surface area contributed by atoms with Crippen molar-refractivity contribution in [2.24, 2.45) is 5.92 Å². The first-order chi connectivity index (χ1) is 10.2. The molecule has 2 atom stereocenters. The van der Waals surface area contributed by atoms with Gasteiger partial charge in [0.05, 0.1) is 5.75 Å². The third-order valence-electron chi connectivity index (χ3n) is 3.93. The van der Waals surface area contributed by atoms with Gasteiger partial charge in [0.1, 0.15) is 0 Å². The van der Waals surface area contributed by atoms with Gasteiger partial charge in [0, 0.05) is 38.1 Å². The number of carbonyl (C=O) groups excluding carboxylic acids is 1. The molecule has 1 amide bonds. The zero-order valence-corrected chi connectivity index (χ0v) is 16.2. The first-order valence-corrected chi connectivity index (χ1v) is 9.01. The molecule has 2 rings (SSSR count). The Labute approximate surface area is 156 Å². The summed E-state index contributed by atoms with van der Waals surface area (Å²) in [4.78, 5) is 18.5. The maximum Gasteiger partial charge on any atom is 0.230 e. The van der Waals surface area contributed by atoms with Crippen LogP contribution in [0.3, 0.4) is 0 Å². The van der Waals surface area contributed by atoms with E-state index in [9.17, 15) is 4.79 Å². The highest BCUT2D eigenvalue weighted by molar-refractivity contribution is 7.99. The molecule has 1 fully saturated rings. The van der Waals surface area contributed by atoms with Gasteiger partial charge in [0.15, 0.2) is 0 Å². The van der Waals surface area contributed by atoms with Crippen molar-refractivity contribution in [1.82, 2.24) is 15.2 Å². The Kier molecular flexibility index (Phi) is 11.7. The number of likely N-dealkylation sites (tertiary alicyclic amines) is 1. The lowest BCUT2D eigenvalue weighted by Gasteiger charge is -2.19. The van der Waals surface area contributed by atoms with Crippen LogP contribution in [0.1, 0.15) is 25.3 Å². The molecule has 23 heavy (non-hydrogen) atoms. The Morgan fingerprint density at radius 3 is 2.83 bits per heavy atom. The first kappa shape index (κ1) is 22.5. The summed E-state index contributed by atoms with van der Waals surface area (Å²) in [5.74, 6) is 1.28. The number of carbonyl (C=O) groups is 1. The van der Waals surface area contributed by atoms with Gasteiger partial charge in [0.2, 0.25) is 5.91 Å². The minimum Gasteiger partial charge on any atom is -0.351 e. The van der Waals surface area contributed by atoms with Crippen LogP contribution in [-0.2, 0) is 11.3 Å². The SMILES string of the molecule is CCC[C@H]1CN(Cc2cccnc2)C[C@@H]1NC(=O)CSC.Cl.Cl. The predicted molar refractivity (Wildman–Crippen MR) is 103 cm³/mol. The van der Waals surface area contributed by atoms with Crippen LogP contribution >= 0.6 is 36.6 Å². The molecule has 132 valence electrons. The van der Waals surface area contributed by atoms with Crippen molar-refractivity contribution in [3.63, 3.8) is 0 Å². The molecule has 1 N–H and O–H groups in total. The third kappa shape index (κ3) is 7.29. The topological polar surface area (TPSA) is 45.2 Å². The Bertz CT molecular complexity index is 450. The highest BCUT2D eigenvalue weighted by atomic mass is 35.5. The molecule has 1 saturated heterocycles. The van der Waals surface area contributed by atoms with Crippen LogP contribution in [0.5, 0.6) is 0 Å². The Morgan fingerprint density at radius 1 is 1.43 bits per heavy atom. The van der Waals surface area contributed by atoms with Gasteiger partial charge in [-0.15, -0.1) is 24.8 Å². The second-order valence-corrected chi connectivity index (χ2v) is 6.58. The summed E-state index contributed by atoms with van der Waals surface area (Å²) < 4.78 is 0. The lowest BCUT2D eigenvalue weighted by Crippen LogP contribution is -2.41. The van der Waals surface area contributed by atoms with Crippen LogP contribution in [0.15, 0.2) is 24.5 Å². The standard InChI is InChI=1S/C16H25N3OS.2ClH/c1-3-5-14-10-19(9-13-6-4-7-17-8-13)11-15(14)18-16(20)12-21-2;;/h4,6-8,14-15H,3,5,9-12H2,1-2H3,(H,18,20);2*1H/t14-,15-;;/m0../s1. The van der Waals surface area contributed by atoms with Crippen molar-refractivity contribution in [3.8, 4) is 0 Å². The van der Waals surface area contributed by atoms with Crippen LogP contribution in [0, 0.1) is 5.92 Å². The van der Waals surface area contributed by atoms with E-state index in [1.54, 1.807) is 18.0 Å². The molecular weight excluding hydrogens is 353 g/mol. The predicted octanol–water partition coefficient (Wildman–Crippen LogP) is 3.00. The largest absolute Gasteiger partial charge is 0.351 e. The number of nitrogens with one attached hydrogen (secondary N) is 1. The highest BCUT2D eigenvalue weighted by Gasteiger charge is 2.32. The van der Waals surface area contributed by atoms with Gasteiger partial charge in [-0.2, -0.15) is 11.8 Å². The van der Waals surface area contributed by atoms with Gasteiger partial charge in [-0.05, 0) is 30.2 Å². The minimum atomic E-state index is 0. The molecule has 0 spiro atoms. The fourth-order valence-corrected chi connectivity index (χ4v) is 3.39. The summed E-state index contributed by atoms with van der Waals surface area (Å²) in [7, 11) is 0. The molecule has 0 aliphatic carbocycles. The van der Waals surface area contributed by atoms with Gasteiger partial charge in [-0.1, -0.05) is 19.4 Å². The second kappa shape index (κ2) is 12.0. The minimum absolute atomic E-state index is 0.